The Balaban J connectivity index is 1.48. The van der Waals surface area contributed by atoms with Gasteiger partial charge in [0.1, 0.15) is 12.1 Å². The van der Waals surface area contributed by atoms with Gasteiger partial charge in [0.15, 0.2) is 0 Å². The van der Waals surface area contributed by atoms with Crippen LogP contribution in [0.5, 0.6) is 5.75 Å². The molecule has 2 heterocycles. The summed E-state index contributed by atoms with van der Waals surface area (Å²) in [6, 6.07) is 6.23. The summed E-state index contributed by atoms with van der Waals surface area (Å²) in [7, 11) is 0. The number of aliphatic hydroxyl groups is 1. The van der Waals surface area contributed by atoms with Crippen LogP contribution in [0.1, 0.15) is 19.3 Å². The summed E-state index contributed by atoms with van der Waals surface area (Å²) in [5.41, 5.74) is 0.905. The van der Waals surface area contributed by atoms with E-state index in [9.17, 15) is 5.11 Å². The van der Waals surface area contributed by atoms with E-state index in [4.69, 9.17) is 4.74 Å². The molecule has 1 aromatic carbocycles. The molecular weight excluding hydrogens is 266 g/mol. The lowest BCUT2D eigenvalue weighted by atomic mass is 10.2. The van der Waals surface area contributed by atoms with Gasteiger partial charge in [-0.05, 0) is 37.9 Å². The predicted molar refractivity (Wildman–Crippen MR) is 81.3 cm³/mol. The summed E-state index contributed by atoms with van der Waals surface area (Å²) in [6.45, 7) is 3.04. The van der Waals surface area contributed by atoms with Gasteiger partial charge in [-0.25, -0.2) is 9.97 Å². The number of likely N-dealkylation sites (tertiary alicyclic amines) is 1. The van der Waals surface area contributed by atoms with Crippen LogP contribution in [0.25, 0.3) is 10.9 Å². The Morgan fingerprint density at radius 3 is 3.24 bits per heavy atom. The van der Waals surface area contributed by atoms with Crippen molar-refractivity contribution < 1.29 is 9.84 Å². The summed E-state index contributed by atoms with van der Waals surface area (Å²) in [4.78, 5) is 10.6. The van der Waals surface area contributed by atoms with E-state index in [1.165, 1.54) is 6.42 Å². The molecule has 0 radical (unpaired) electrons. The maximum atomic E-state index is 9.29. The lowest BCUT2D eigenvalue weighted by Gasteiger charge is -2.22. The number of benzene rings is 1. The minimum Gasteiger partial charge on any atom is -0.493 e. The predicted octanol–water partition coefficient (Wildman–Crippen LogP) is 1.86. The first-order chi connectivity index (χ1) is 10.4. The second-order valence-electron chi connectivity index (χ2n) is 5.46. The van der Waals surface area contributed by atoms with E-state index < -0.39 is 0 Å². The van der Waals surface area contributed by atoms with Crippen molar-refractivity contribution in [1.82, 2.24) is 14.9 Å². The van der Waals surface area contributed by atoms with Crippen molar-refractivity contribution in [2.24, 2.45) is 0 Å². The molecule has 112 valence electrons. The molecule has 1 aliphatic rings. The lowest BCUT2D eigenvalue weighted by Crippen LogP contribution is -2.33. The third-order valence-electron chi connectivity index (χ3n) is 4.05. The zero-order valence-electron chi connectivity index (χ0n) is 12.1. The van der Waals surface area contributed by atoms with Gasteiger partial charge >= 0.3 is 0 Å². The van der Waals surface area contributed by atoms with Crippen molar-refractivity contribution in [3.05, 3.63) is 30.7 Å². The average Bonchev–Trinajstić information content (AvgIpc) is 2.99. The van der Waals surface area contributed by atoms with E-state index in [-0.39, 0.29) is 6.61 Å². The number of hydrogen-bond donors (Lipinski definition) is 1. The monoisotopic (exact) mass is 287 g/mol. The first-order valence-corrected chi connectivity index (χ1v) is 7.54. The van der Waals surface area contributed by atoms with Crippen molar-refractivity contribution in [3.8, 4) is 5.75 Å². The largest absolute Gasteiger partial charge is 0.493 e. The fraction of sp³-hybridized carbons (Fsp3) is 0.500. The highest BCUT2D eigenvalue weighted by atomic mass is 16.5. The van der Waals surface area contributed by atoms with Gasteiger partial charge in [-0.2, -0.15) is 0 Å². The van der Waals surface area contributed by atoms with Crippen molar-refractivity contribution in [1.29, 1.82) is 0 Å². The third kappa shape index (κ3) is 3.49. The molecule has 0 bridgehead atoms. The Kier molecular flexibility index (Phi) is 4.62. The molecule has 2 aromatic rings. The Bertz CT molecular complexity index is 590. The molecule has 0 spiro atoms. The van der Waals surface area contributed by atoms with Crippen LogP contribution in [0, 0.1) is 0 Å². The molecule has 1 N–H and O–H groups in total. The lowest BCUT2D eigenvalue weighted by molar-refractivity contribution is 0.150. The normalized spacial score (nSPS) is 19.2. The van der Waals surface area contributed by atoms with Gasteiger partial charge in [-0.3, -0.25) is 4.90 Å². The zero-order chi connectivity index (χ0) is 14.5. The molecule has 3 rings (SSSR count). The smallest absolute Gasteiger partial charge is 0.121 e. The summed E-state index contributed by atoms with van der Waals surface area (Å²) >= 11 is 0. The molecule has 1 saturated heterocycles. The second kappa shape index (κ2) is 6.83. The van der Waals surface area contributed by atoms with Gasteiger partial charge in [-0.15, -0.1) is 0 Å². The number of ether oxygens (including phenoxy) is 1. The first-order valence-electron chi connectivity index (χ1n) is 7.54. The minimum absolute atomic E-state index is 0.269. The Labute approximate surface area is 124 Å². The number of nitrogens with zero attached hydrogens (tertiary/aromatic N) is 3. The van der Waals surface area contributed by atoms with Gasteiger partial charge in [0.05, 0.1) is 18.7 Å². The minimum atomic E-state index is 0.269. The molecular formula is C16H21N3O2. The molecule has 0 aliphatic carbocycles. The highest BCUT2D eigenvalue weighted by Gasteiger charge is 2.22. The van der Waals surface area contributed by atoms with Crippen molar-refractivity contribution in [2.75, 3.05) is 26.3 Å². The summed E-state index contributed by atoms with van der Waals surface area (Å²) in [5, 5.41) is 10.3. The Morgan fingerprint density at radius 1 is 1.38 bits per heavy atom. The van der Waals surface area contributed by atoms with Gasteiger partial charge < -0.3 is 9.84 Å². The quantitative estimate of drug-likeness (QED) is 0.822. The summed E-state index contributed by atoms with van der Waals surface area (Å²) < 4.78 is 5.79. The number of aliphatic hydroxyl groups excluding tert-OH is 1. The molecule has 0 unspecified atom stereocenters. The second-order valence-corrected chi connectivity index (χ2v) is 5.46. The molecule has 5 nitrogen and oxygen atoms in total. The van der Waals surface area contributed by atoms with Gasteiger partial charge in [0, 0.05) is 30.2 Å². The highest BCUT2D eigenvalue weighted by Crippen LogP contribution is 2.19. The molecule has 0 saturated carbocycles. The SMILES string of the molecule is OC[C@H]1CCCN1CCCOc1ccc2cncnc2c1. The van der Waals surface area contributed by atoms with Crippen LogP contribution in [0.3, 0.4) is 0 Å². The maximum absolute atomic E-state index is 9.29. The fourth-order valence-corrected chi connectivity index (χ4v) is 2.90. The maximum Gasteiger partial charge on any atom is 0.121 e. The van der Waals surface area contributed by atoms with E-state index in [1.807, 2.05) is 18.2 Å². The topological polar surface area (TPSA) is 58.5 Å². The van der Waals surface area contributed by atoms with Crippen molar-refractivity contribution >= 4 is 10.9 Å². The average molecular weight is 287 g/mol. The van der Waals surface area contributed by atoms with Gasteiger partial charge in [-0.1, -0.05) is 0 Å². The number of aromatic nitrogens is 2. The standard InChI is InChI=1S/C16H21N3O2/c20-11-14-3-1-6-19(14)7-2-8-21-15-5-4-13-10-17-12-18-16(13)9-15/h4-5,9-10,12,14,20H,1-3,6-8,11H2/t14-/m1/s1. The molecule has 1 atom stereocenters. The van der Waals surface area contributed by atoms with Gasteiger partial charge in [0.2, 0.25) is 0 Å². The Morgan fingerprint density at radius 2 is 2.33 bits per heavy atom. The van der Waals surface area contributed by atoms with Crippen LogP contribution in [0.2, 0.25) is 0 Å². The number of hydrogen-bond acceptors (Lipinski definition) is 5. The van der Waals surface area contributed by atoms with Crippen LogP contribution in [-0.2, 0) is 0 Å². The van der Waals surface area contributed by atoms with Crippen molar-refractivity contribution in [3.63, 3.8) is 0 Å². The van der Waals surface area contributed by atoms with E-state index in [1.54, 1.807) is 12.5 Å². The summed E-state index contributed by atoms with van der Waals surface area (Å²) in [5.74, 6) is 0.848. The molecule has 1 aliphatic heterocycles. The zero-order valence-corrected chi connectivity index (χ0v) is 12.1. The molecule has 0 amide bonds. The molecule has 21 heavy (non-hydrogen) atoms. The molecule has 1 fully saturated rings. The first kappa shape index (κ1) is 14.2. The van der Waals surface area contributed by atoms with E-state index in [0.717, 1.165) is 42.6 Å². The number of rotatable bonds is 6. The van der Waals surface area contributed by atoms with E-state index >= 15 is 0 Å². The third-order valence-corrected chi connectivity index (χ3v) is 4.05. The van der Waals surface area contributed by atoms with Crippen LogP contribution >= 0.6 is 0 Å². The van der Waals surface area contributed by atoms with Crippen LogP contribution in [0.15, 0.2) is 30.7 Å². The van der Waals surface area contributed by atoms with Gasteiger partial charge in [0.25, 0.3) is 0 Å². The fourth-order valence-electron chi connectivity index (χ4n) is 2.90. The van der Waals surface area contributed by atoms with Crippen LogP contribution < -0.4 is 4.74 Å². The number of fused-ring (bicyclic) bond motifs is 1. The highest BCUT2D eigenvalue weighted by molar-refractivity contribution is 5.78. The van der Waals surface area contributed by atoms with E-state index in [2.05, 4.69) is 14.9 Å². The molecule has 1 aromatic heterocycles. The van der Waals surface area contributed by atoms with Crippen LogP contribution in [0.4, 0.5) is 0 Å². The Hall–Kier alpha value is -1.72. The van der Waals surface area contributed by atoms with E-state index in [0.29, 0.717) is 12.6 Å². The molecule has 5 heteroatoms. The van der Waals surface area contributed by atoms with Crippen LogP contribution in [-0.4, -0.2) is 52.3 Å². The summed E-state index contributed by atoms with van der Waals surface area (Å²) in [6.07, 6.45) is 6.62. The van der Waals surface area contributed by atoms with Crippen molar-refractivity contribution in [2.45, 2.75) is 25.3 Å².